The summed E-state index contributed by atoms with van der Waals surface area (Å²) in [7, 11) is 0. The van der Waals surface area contributed by atoms with Crippen molar-refractivity contribution in [3.05, 3.63) is 29.8 Å². The molecule has 1 aromatic rings. The van der Waals surface area contributed by atoms with Crippen molar-refractivity contribution >= 4 is 12.9 Å². The van der Waals surface area contributed by atoms with E-state index in [1.54, 1.807) is 0 Å². The van der Waals surface area contributed by atoms with Gasteiger partial charge in [0, 0.05) is 12.9 Å². The first-order valence-electron chi connectivity index (χ1n) is 5.32. The molecule has 14 heavy (non-hydrogen) atoms. The van der Waals surface area contributed by atoms with Crippen LogP contribution in [0.15, 0.2) is 24.3 Å². The van der Waals surface area contributed by atoms with Crippen molar-refractivity contribution in [1.82, 2.24) is 0 Å². The van der Waals surface area contributed by atoms with Crippen molar-refractivity contribution in [1.29, 1.82) is 0 Å². The fourth-order valence-corrected chi connectivity index (χ4v) is 2.48. The Balaban J connectivity index is 2.20. The van der Waals surface area contributed by atoms with E-state index in [4.69, 9.17) is 4.18 Å². The maximum Gasteiger partial charge on any atom is 0.140 e. The molecule has 0 spiro atoms. The van der Waals surface area contributed by atoms with Crippen LogP contribution in [-0.4, -0.2) is 0 Å². The van der Waals surface area contributed by atoms with Gasteiger partial charge in [0.1, 0.15) is 5.75 Å². The van der Waals surface area contributed by atoms with Crippen LogP contribution in [0.2, 0.25) is 0 Å². The van der Waals surface area contributed by atoms with E-state index in [9.17, 15) is 0 Å². The van der Waals surface area contributed by atoms with Gasteiger partial charge < -0.3 is 4.18 Å². The van der Waals surface area contributed by atoms with Gasteiger partial charge in [-0.15, -0.1) is 0 Å². The van der Waals surface area contributed by atoms with Gasteiger partial charge in [-0.05, 0) is 30.4 Å². The Morgan fingerprint density at radius 1 is 1.07 bits per heavy atom. The molecule has 0 unspecified atom stereocenters. The van der Waals surface area contributed by atoms with Crippen LogP contribution in [0.5, 0.6) is 5.75 Å². The number of thiol groups is 1. The third-order valence-electron chi connectivity index (χ3n) is 3.06. The average molecular weight is 208 g/mol. The normalized spacial score (nSPS) is 18.1. The van der Waals surface area contributed by atoms with Crippen molar-refractivity contribution in [3.63, 3.8) is 0 Å². The molecule has 0 saturated heterocycles. The third kappa shape index (κ3) is 2.06. The minimum Gasteiger partial charge on any atom is -0.429 e. The van der Waals surface area contributed by atoms with Crippen molar-refractivity contribution in [2.45, 2.75) is 38.0 Å². The summed E-state index contributed by atoms with van der Waals surface area (Å²) >= 11 is 3.90. The van der Waals surface area contributed by atoms with Crippen LogP contribution in [0.4, 0.5) is 0 Å². The van der Waals surface area contributed by atoms with E-state index in [0.29, 0.717) is 5.92 Å². The Morgan fingerprint density at radius 3 is 2.50 bits per heavy atom. The van der Waals surface area contributed by atoms with Crippen LogP contribution in [0.3, 0.4) is 0 Å². The van der Waals surface area contributed by atoms with Crippen molar-refractivity contribution < 1.29 is 4.18 Å². The monoisotopic (exact) mass is 208 g/mol. The minimum atomic E-state index is 0.687. The van der Waals surface area contributed by atoms with Gasteiger partial charge >= 0.3 is 0 Å². The van der Waals surface area contributed by atoms with Gasteiger partial charge in [0.2, 0.25) is 0 Å². The topological polar surface area (TPSA) is 9.23 Å². The van der Waals surface area contributed by atoms with Crippen LogP contribution in [0.1, 0.15) is 43.6 Å². The summed E-state index contributed by atoms with van der Waals surface area (Å²) in [6.07, 6.45) is 6.69. The first kappa shape index (κ1) is 9.91. The molecule has 1 aliphatic rings. The van der Waals surface area contributed by atoms with Crippen molar-refractivity contribution in [2.24, 2.45) is 0 Å². The quantitative estimate of drug-likeness (QED) is 0.572. The summed E-state index contributed by atoms with van der Waals surface area (Å²) in [5, 5.41) is 0. The summed E-state index contributed by atoms with van der Waals surface area (Å²) in [5.74, 6) is 1.62. The molecule has 1 saturated carbocycles. The summed E-state index contributed by atoms with van der Waals surface area (Å²) in [6, 6.07) is 8.25. The third-order valence-corrected chi connectivity index (χ3v) is 3.26. The van der Waals surface area contributed by atoms with E-state index in [1.807, 2.05) is 12.1 Å². The first-order valence-corrected chi connectivity index (χ1v) is 5.68. The highest BCUT2D eigenvalue weighted by Crippen LogP contribution is 2.37. The second-order valence-corrected chi connectivity index (χ2v) is 4.15. The zero-order valence-corrected chi connectivity index (χ0v) is 9.17. The lowest BCUT2D eigenvalue weighted by Gasteiger charge is -2.23. The predicted molar refractivity (Wildman–Crippen MR) is 61.9 cm³/mol. The number of hydrogen-bond donors (Lipinski definition) is 1. The molecule has 2 rings (SSSR count). The molecule has 0 N–H and O–H groups in total. The molecule has 2 heteroatoms. The van der Waals surface area contributed by atoms with Gasteiger partial charge in [-0.2, -0.15) is 0 Å². The Hall–Kier alpha value is -0.630. The lowest BCUT2D eigenvalue weighted by Crippen LogP contribution is -2.05. The zero-order valence-electron chi connectivity index (χ0n) is 8.28. The van der Waals surface area contributed by atoms with Crippen LogP contribution in [-0.2, 0) is 0 Å². The molecule has 0 atom stereocenters. The van der Waals surface area contributed by atoms with Crippen molar-refractivity contribution in [2.75, 3.05) is 0 Å². The van der Waals surface area contributed by atoms with E-state index in [0.717, 1.165) is 5.75 Å². The largest absolute Gasteiger partial charge is 0.429 e. The fourth-order valence-electron chi connectivity index (χ4n) is 2.31. The lowest BCUT2D eigenvalue weighted by molar-refractivity contribution is 0.437. The number of para-hydroxylation sites is 1. The summed E-state index contributed by atoms with van der Waals surface area (Å²) in [5.41, 5.74) is 1.34. The minimum absolute atomic E-state index is 0.687. The van der Waals surface area contributed by atoms with Crippen LogP contribution < -0.4 is 4.18 Å². The van der Waals surface area contributed by atoms with E-state index in [2.05, 4.69) is 25.0 Å². The molecule has 0 bridgehead atoms. The Morgan fingerprint density at radius 2 is 1.79 bits per heavy atom. The van der Waals surface area contributed by atoms with Gasteiger partial charge in [-0.1, -0.05) is 37.5 Å². The van der Waals surface area contributed by atoms with Gasteiger partial charge in [0.25, 0.3) is 0 Å². The first-order chi connectivity index (χ1) is 6.92. The number of hydrogen-bond acceptors (Lipinski definition) is 2. The Bertz CT molecular complexity index is 292. The molecular formula is C12H16OS. The van der Waals surface area contributed by atoms with Gasteiger partial charge in [-0.25, -0.2) is 0 Å². The van der Waals surface area contributed by atoms with E-state index in [1.165, 1.54) is 37.7 Å². The van der Waals surface area contributed by atoms with E-state index in [-0.39, 0.29) is 0 Å². The molecule has 1 aliphatic carbocycles. The van der Waals surface area contributed by atoms with Crippen LogP contribution in [0, 0.1) is 0 Å². The highest BCUT2D eigenvalue weighted by Gasteiger charge is 2.18. The summed E-state index contributed by atoms with van der Waals surface area (Å²) in [6.45, 7) is 0. The van der Waals surface area contributed by atoms with Gasteiger partial charge in [0.05, 0.1) is 0 Å². The molecule has 0 aromatic heterocycles. The number of rotatable bonds is 2. The van der Waals surface area contributed by atoms with Crippen LogP contribution >= 0.6 is 12.9 Å². The summed E-state index contributed by atoms with van der Waals surface area (Å²) < 4.78 is 5.09. The molecule has 1 fully saturated rings. The predicted octanol–water partition coefficient (Wildman–Crippen LogP) is 3.96. The molecule has 1 aromatic carbocycles. The van der Waals surface area contributed by atoms with Crippen molar-refractivity contribution in [3.8, 4) is 5.75 Å². The van der Waals surface area contributed by atoms with E-state index < -0.39 is 0 Å². The molecule has 0 aliphatic heterocycles. The van der Waals surface area contributed by atoms with E-state index >= 15 is 0 Å². The zero-order chi connectivity index (χ0) is 9.80. The molecule has 1 nitrogen and oxygen atoms in total. The SMILES string of the molecule is SOc1ccccc1C1CCCCC1. The second-order valence-electron chi connectivity index (χ2n) is 3.96. The molecule has 0 radical (unpaired) electrons. The highest BCUT2D eigenvalue weighted by atomic mass is 32.1. The highest BCUT2D eigenvalue weighted by molar-refractivity contribution is 7.75. The van der Waals surface area contributed by atoms with Gasteiger partial charge in [-0.3, -0.25) is 0 Å². The molecule has 0 heterocycles. The smallest absolute Gasteiger partial charge is 0.140 e. The fraction of sp³-hybridized carbons (Fsp3) is 0.500. The molecule has 0 amide bonds. The maximum absolute atomic E-state index is 5.09. The van der Waals surface area contributed by atoms with Crippen LogP contribution in [0.25, 0.3) is 0 Å². The molecular weight excluding hydrogens is 192 g/mol. The lowest BCUT2D eigenvalue weighted by atomic mass is 9.84. The maximum atomic E-state index is 5.09. The summed E-state index contributed by atoms with van der Waals surface area (Å²) in [4.78, 5) is 0. The standard InChI is InChI=1S/C12H16OS/c14-13-12-9-5-4-8-11(12)10-6-2-1-3-7-10/h4-5,8-10,14H,1-3,6-7H2. The Kier molecular flexibility index (Phi) is 3.35. The molecule has 76 valence electrons. The number of benzene rings is 1. The van der Waals surface area contributed by atoms with Gasteiger partial charge in [0.15, 0.2) is 0 Å². The average Bonchev–Trinajstić information content (AvgIpc) is 2.30. The second kappa shape index (κ2) is 4.74. The Labute approximate surface area is 91.1 Å².